The molecule has 0 heterocycles. The summed E-state index contributed by atoms with van der Waals surface area (Å²) < 4.78 is 0. The highest BCUT2D eigenvalue weighted by Crippen LogP contribution is 2.14. The van der Waals surface area contributed by atoms with Crippen molar-refractivity contribution in [2.24, 2.45) is 0 Å². The third-order valence-electron chi connectivity index (χ3n) is 6.24. The molecule has 1 atom stereocenters. The van der Waals surface area contributed by atoms with Crippen molar-refractivity contribution >= 4 is 0 Å². The lowest BCUT2D eigenvalue weighted by atomic mass is 10.0. The summed E-state index contributed by atoms with van der Waals surface area (Å²) in [6.07, 6.45) is 33.9. The molecule has 180 valence electrons. The Hall–Kier alpha value is -0.340. The molecule has 0 saturated heterocycles. The SMILES string of the molecule is CCCCCCCCCCCCCCCCC(O)/C=C/CCCCCCCCCO. The molecule has 0 aromatic carbocycles. The van der Waals surface area contributed by atoms with Crippen molar-refractivity contribution in [2.75, 3.05) is 6.61 Å². The maximum atomic E-state index is 10.1. The van der Waals surface area contributed by atoms with Crippen molar-refractivity contribution < 1.29 is 10.2 Å². The average molecular weight is 425 g/mol. The average Bonchev–Trinajstić information content (AvgIpc) is 2.75. The van der Waals surface area contributed by atoms with Crippen LogP contribution in [0.1, 0.15) is 155 Å². The molecule has 0 saturated carbocycles. The third kappa shape index (κ3) is 25.7. The van der Waals surface area contributed by atoms with E-state index in [-0.39, 0.29) is 6.10 Å². The first kappa shape index (κ1) is 29.7. The van der Waals surface area contributed by atoms with Gasteiger partial charge in [-0.05, 0) is 25.7 Å². The smallest absolute Gasteiger partial charge is 0.0720 e. The Morgan fingerprint density at radius 3 is 1.40 bits per heavy atom. The van der Waals surface area contributed by atoms with Gasteiger partial charge in [0.05, 0.1) is 6.10 Å². The Morgan fingerprint density at radius 2 is 0.933 bits per heavy atom. The van der Waals surface area contributed by atoms with Crippen LogP contribution in [-0.2, 0) is 0 Å². The Balaban J connectivity index is 3.20. The summed E-state index contributed by atoms with van der Waals surface area (Å²) in [5, 5.41) is 18.8. The first-order chi connectivity index (χ1) is 14.8. The van der Waals surface area contributed by atoms with Crippen LogP contribution in [0.25, 0.3) is 0 Å². The molecular formula is C28H56O2. The van der Waals surface area contributed by atoms with Crippen molar-refractivity contribution in [2.45, 2.75) is 161 Å². The molecule has 0 aromatic rings. The van der Waals surface area contributed by atoms with Gasteiger partial charge in [0.1, 0.15) is 0 Å². The molecule has 0 aliphatic rings. The van der Waals surface area contributed by atoms with E-state index in [1.807, 2.05) is 6.08 Å². The zero-order valence-corrected chi connectivity index (χ0v) is 20.6. The van der Waals surface area contributed by atoms with E-state index in [1.54, 1.807) is 0 Å². The first-order valence-electron chi connectivity index (χ1n) is 13.8. The quantitative estimate of drug-likeness (QED) is 0.113. The summed E-state index contributed by atoms with van der Waals surface area (Å²) in [4.78, 5) is 0. The summed E-state index contributed by atoms with van der Waals surface area (Å²) in [6, 6.07) is 0. The van der Waals surface area contributed by atoms with Crippen molar-refractivity contribution in [3.63, 3.8) is 0 Å². The summed E-state index contributed by atoms with van der Waals surface area (Å²) >= 11 is 0. The zero-order chi connectivity index (χ0) is 22.0. The summed E-state index contributed by atoms with van der Waals surface area (Å²) in [5.74, 6) is 0. The molecule has 2 N–H and O–H groups in total. The molecule has 2 nitrogen and oxygen atoms in total. The van der Waals surface area contributed by atoms with Crippen molar-refractivity contribution in [3.8, 4) is 0 Å². The Morgan fingerprint density at radius 1 is 0.533 bits per heavy atom. The molecule has 30 heavy (non-hydrogen) atoms. The lowest BCUT2D eigenvalue weighted by Gasteiger charge is -2.06. The molecule has 0 fully saturated rings. The largest absolute Gasteiger partial charge is 0.396 e. The minimum atomic E-state index is -0.235. The third-order valence-corrected chi connectivity index (χ3v) is 6.24. The first-order valence-corrected chi connectivity index (χ1v) is 13.8. The van der Waals surface area contributed by atoms with Gasteiger partial charge in [-0.3, -0.25) is 0 Å². The van der Waals surface area contributed by atoms with E-state index in [1.165, 1.54) is 122 Å². The summed E-state index contributed by atoms with van der Waals surface area (Å²) in [5.41, 5.74) is 0. The van der Waals surface area contributed by atoms with Gasteiger partial charge in [0.2, 0.25) is 0 Å². The Labute approximate surface area is 189 Å². The number of unbranched alkanes of at least 4 members (excludes halogenated alkanes) is 20. The maximum absolute atomic E-state index is 10.1. The second-order valence-electron chi connectivity index (χ2n) is 9.37. The Kier molecular flexibility index (Phi) is 26.4. The van der Waals surface area contributed by atoms with Gasteiger partial charge in [0, 0.05) is 6.61 Å². The molecule has 0 aliphatic carbocycles. The van der Waals surface area contributed by atoms with E-state index < -0.39 is 0 Å². The molecule has 2 heteroatoms. The van der Waals surface area contributed by atoms with Crippen LogP contribution in [-0.4, -0.2) is 22.9 Å². The number of hydrogen-bond acceptors (Lipinski definition) is 2. The van der Waals surface area contributed by atoms with Crippen LogP contribution < -0.4 is 0 Å². The second kappa shape index (κ2) is 26.7. The highest BCUT2D eigenvalue weighted by atomic mass is 16.3. The summed E-state index contributed by atoms with van der Waals surface area (Å²) in [6.45, 7) is 2.63. The van der Waals surface area contributed by atoms with Crippen LogP contribution in [0.15, 0.2) is 12.2 Å². The van der Waals surface area contributed by atoms with Crippen LogP contribution in [0.3, 0.4) is 0 Å². The predicted octanol–water partition coefficient (Wildman–Crippen LogP) is 8.89. The minimum Gasteiger partial charge on any atom is -0.396 e. The lowest BCUT2D eigenvalue weighted by Crippen LogP contribution is -2.01. The standard InChI is InChI=1S/C28H56O2/c1-2-3-4-5-6-7-8-9-10-11-13-16-19-22-25-28(30)26-23-20-17-14-12-15-18-21-24-27-29/h23,26,28-30H,2-22,24-25,27H2,1H3/b26-23+. The number of allylic oxidation sites excluding steroid dienone is 1. The van der Waals surface area contributed by atoms with E-state index in [9.17, 15) is 5.11 Å². The van der Waals surface area contributed by atoms with Crippen molar-refractivity contribution in [3.05, 3.63) is 12.2 Å². The normalized spacial score (nSPS) is 12.8. The number of hydrogen-bond donors (Lipinski definition) is 2. The summed E-state index contributed by atoms with van der Waals surface area (Å²) in [7, 11) is 0. The van der Waals surface area contributed by atoms with Gasteiger partial charge in [-0.1, -0.05) is 141 Å². The van der Waals surface area contributed by atoms with Crippen LogP contribution in [0, 0.1) is 0 Å². The van der Waals surface area contributed by atoms with Gasteiger partial charge in [0.15, 0.2) is 0 Å². The highest BCUT2D eigenvalue weighted by molar-refractivity contribution is 4.88. The molecule has 0 aliphatic heterocycles. The number of rotatable bonds is 25. The van der Waals surface area contributed by atoms with Crippen LogP contribution in [0.5, 0.6) is 0 Å². The minimum absolute atomic E-state index is 0.235. The van der Waals surface area contributed by atoms with E-state index in [0.717, 1.165) is 25.7 Å². The predicted molar refractivity (Wildman–Crippen MR) is 134 cm³/mol. The highest BCUT2D eigenvalue weighted by Gasteiger charge is 1.99. The topological polar surface area (TPSA) is 40.5 Å². The van der Waals surface area contributed by atoms with Crippen LogP contribution >= 0.6 is 0 Å². The maximum Gasteiger partial charge on any atom is 0.0720 e. The van der Waals surface area contributed by atoms with Gasteiger partial charge in [0.25, 0.3) is 0 Å². The number of aliphatic hydroxyl groups is 2. The fourth-order valence-electron chi connectivity index (χ4n) is 4.16. The van der Waals surface area contributed by atoms with Crippen LogP contribution in [0.4, 0.5) is 0 Å². The molecule has 0 amide bonds. The molecule has 1 unspecified atom stereocenters. The van der Waals surface area contributed by atoms with E-state index >= 15 is 0 Å². The van der Waals surface area contributed by atoms with Gasteiger partial charge in [-0.15, -0.1) is 0 Å². The molecule has 0 radical (unpaired) electrons. The zero-order valence-electron chi connectivity index (χ0n) is 20.6. The van der Waals surface area contributed by atoms with Crippen molar-refractivity contribution in [1.29, 1.82) is 0 Å². The van der Waals surface area contributed by atoms with Crippen molar-refractivity contribution in [1.82, 2.24) is 0 Å². The fourth-order valence-corrected chi connectivity index (χ4v) is 4.16. The second-order valence-corrected chi connectivity index (χ2v) is 9.37. The van der Waals surface area contributed by atoms with Gasteiger partial charge in [-0.25, -0.2) is 0 Å². The molecule has 0 rings (SSSR count). The van der Waals surface area contributed by atoms with Gasteiger partial charge < -0.3 is 10.2 Å². The van der Waals surface area contributed by atoms with E-state index in [4.69, 9.17) is 5.11 Å². The molecule has 0 bridgehead atoms. The van der Waals surface area contributed by atoms with Gasteiger partial charge >= 0.3 is 0 Å². The molecular weight excluding hydrogens is 368 g/mol. The van der Waals surface area contributed by atoms with E-state index in [2.05, 4.69) is 13.0 Å². The van der Waals surface area contributed by atoms with E-state index in [0.29, 0.717) is 6.61 Å². The monoisotopic (exact) mass is 424 g/mol. The van der Waals surface area contributed by atoms with Gasteiger partial charge in [-0.2, -0.15) is 0 Å². The molecule has 0 spiro atoms. The fraction of sp³-hybridized carbons (Fsp3) is 0.929. The Bertz CT molecular complexity index is 327. The molecule has 0 aromatic heterocycles. The lowest BCUT2D eigenvalue weighted by molar-refractivity contribution is 0.207. The van der Waals surface area contributed by atoms with Crippen LogP contribution in [0.2, 0.25) is 0 Å². The number of aliphatic hydroxyl groups excluding tert-OH is 2.